The van der Waals surface area contributed by atoms with Crippen molar-refractivity contribution >= 4 is 18.1 Å². The fourth-order valence-electron chi connectivity index (χ4n) is 0.934. The van der Waals surface area contributed by atoms with Gasteiger partial charge < -0.3 is 15.2 Å². The van der Waals surface area contributed by atoms with Crippen molar-refractivity contribution in [1.29, 1.82) is 0 Å². The summed E-state index contributed by atoms with van der Waals surface area (Å²) in [5, 5.41) is 10.9. The molecular formula is C8H9N3O4. The summed E-state index contributed by atoms with van der Waals surface area (Å²) >= 11 is 0. The molecule has 1 aliphatic rings. The van der Waals surface area contributed by atoms with E-state index in [2.05, 4.69) is 26.0 Å². The predicted molar refractivity (Wildman–Crippen MR) is 49.5 cm³/mol. The summed E-state index contributed by atoms with van der Waals surface area (Å²) in [7, 11) is 1.16. The number of carboxylic acids is 1. The fourth-order valence-corrected chi connectivity index (χ4v) is 0.934. The number of carbonyl (C=O) groups excluding carboxylic acids is 1. The summed E-state index contributed by atoms with van der Waals surface area (Å²) in [4.78, 5) is 28.8. The number of hydrogen-bond acceptors (Lipinski definition) is 5. The number of alkyl carbamates (subject to hydrolysis) is 1. The van der Waals surface area contributed by atoms with Crippen LogP contribution in [0.2, 0.25) is 0 Å². The average molecular weight is 211 g/mol. The van der Waals surface area contributed by atoms with Gasteiger partial charge in [0.05, 0.1) is 25.0 Å². The molecule has 0 bridgehead atoms. The first-order chi connectivity index (χ1) is 7.13. The van der Waals surface area contributed by atoms with E-state index in [1.54, 1.807) is 0 Å². The molecule has 15 heavy (non-hydrogen) atoms. The number of methoxy groups -OCH3 is 1. The second kappa shape index (κ2) is 4.92. The maximum atomic E-state index is 10.8. The Labute approximate surface area is 85.2 Å². The molecule has 0 aromatic heterocycles. The highest BCUT2D eigenvalue weighted by Crippen LogP contribution is 2.10. The number of aliphatic carboxylic acids is 1. The summed E-state index contributed by atoms with van der Waals surface area (Å²) in [6.45, 7) is 0. The molecule has 7 heteroatoms. The van der Waals surface area contributed by atoms with E-state index >= 15 is 0 Å². The van der Waals surface area contributed by atoms with Gasteiger partial charge in [-0.05, 0) is 0 Å². The second-order valence-corrected chi connectivity index (χ2v) is 2.69. The molecule has 1 atom stereocenters. The van der Waals surface area contributed by atoms with Gasteiger partial charge in [-0.25, -0.2) is 9.59 Å². The van der Waals surface area contributed by atoms with Crippen molar-refractivity contribution in [2.75, 3.05) is 7.11 Å². The van der Waals surface area contributed by atoms with Crippen molar-refractivity contribution in [1.82, 2.24) is 5.32 Å². The van der Waals surface area contributed by atoms with Gasteiger partial charge in [-0.2, -0.15) is 9.98 Å². The highest BCUT2D eigenvalue weighted by Gasteiger charge is 2.22. The number of ether oxygens (including phenoxy) is 1. The van der Waals surface area contributed by atoms with Crippen LogP contribution >= 0.6 is 0 Å². The molecule has 1 amide bonds. The molecule has 80 valence electrons. The Balaban J connectivity index is 2.55. The largest absolute Gasteiger partial charge is 0.480 e. The SMILES string of the molecule is COC(=O)N[C@@H](CC1=CN=C=N1)C(=O)O. The zero-order valence-electron chi connectivity index (χ0n) is 7.93. The fraction of sp³-hybridized carbons (Fsp3) is 0.375. The Morgan fingerprint density at radius 2 is 2.47 bits per heavy atom. The zero-order valence-corrected chi connectivity index (χ0v) is 7.93. The van der Waals surface area contributed by atoms with E-state index in [9.17, 15) is 9.59 Å². The lowest BCUT2D eigenvalue weighted by molar-refractivity contribution is -0.139. The number of nitrogens with zero attached hydrogens (tertiary/aromatic N) is 2. The van der Waals surface area contributed by atoms with E-state index in [-0.39, 0.29) is 6.42 Å². The standard InChI is InChI=1S/C8H9N3O4/c1-15-8(14)11-6(7(12)13)2-5-3-9-4-10-5/h3,6H,2H2,1H3,(H,11,14)(H,12,13)/t6-/m0/s1. The molecule has 0 aromatic carbocycles. The van der Waals surface area contributed by atoms with Crippen molar-refractivity contribution in [3.8, 4) is 0 Å². The number of carbonyl (C=O) groups is 2. The van der Waals surface area contributed by atoms with Crippen LogP contribution in [0.15, 0.2) is 21.9 Å². The molecule has 7 nitrogen and oxygen atoms in total. The van der Waals surface area contributed by atoms with Gasteiger partial charge in [-0.3, -0.25) is 0 Å². The van der Waals surface area contributed by atoms with Gasteiger partial charge in [0, 0.05) is 6.42 Å². The molecule has 0 aromatic rings. The van der Waals surface area contributed by atoms with E-state index in [0.717, 1.165) is 7.11 Å². The van der Waals surface area contributed by atoms with Gasteiger partial charge in [0.2, 0.25) is 0 Å². The number of hydrogen-bond donors (Lipinski definition) is 2. The van der Waals surface area contributed by atoms with Gasteiger partial charge in [-0.1, -0.05) is 0 Å². The van der Waals surface area contributed by atoms with Gasteiger partial charge in [-0.15, -0.1) is 0 Å². The molecule has 1 rings (SSSR count). The third-order valence-corrected chi connectivity index (χ3v) is 1.65. The quantitative estimate of drug-likeness (QED) is 0.694. The van der Waals surface area contributed by atoms with Crippen molar-refractivity contribution in [2.45, 2.75) is 12.5 Å². The van der Waals surface area contributed by atoms with Crippen LogP contribution in [0.5, 0.6) is 0 Å². The number of amides is 1. The van der Waals surface area contributed by atoms with E-state index in [4.69, 9.17) is 5.11 Å². The lowest BCUT2D eigenvalue weighted by Crippen LogP contribution is -2.40. The summed E-state index contributed by atoms with van der Waals surface area (Å²) in [6.07, 6.45) is 0.626. The Hall–Kier alpha value is -2.14. The number of carboxylic acid groups (broad SMARTS) is 1. The van der Waals surface area contributed by atoms with Gasteiger partial charge in [0.15, 0.2) is 0 Å². The molecule has 0 fully saturated rings. The first-order valence-electron chi connectivity index (χ1n) is 4.05. The van der Waals surface area contributed by atoms with Gasteiger partial charge in [0.25, 0.3) is 0 Å². The van der Waals surface area contributed by atoms with Crippen LogP contribution in [0.1, 0.15) is 6.42 Å². The van der Waals surface area contributed by atoms with Crippen LogP contribution < -0.4 is 5.32 Å². The number of nitrogens with one attached hydrogen (secondary N) is 1. The van der Waals surface area contributed by atoms with Crippen LogP contribution in [-0.2, 0) is 9.53 Å². The van der Waals surface area contributed by atoms with E-state index < -0.39 is 18.1 Å². The molecule has 2 N–H and O–H groups in total. The zero-order chi connectivity index (χ0) is 11.3. The smallest absolute Gasteiger partial charge is 0.407 e. The summed E-state index contributed by atoms with van der Waals surface area (Å²) in [6, 6.07) is 1.22. The van der Waals surface area contributed by atoms with Crippen LogP contribution in [0.25, 0.3) is 0 Å². The average Bonchev–Trinajstić information content (AvgIpc) is 2.69. The third kappa shape index (κ3) is 3.24. The van der Waals surface area contributed by atoms with E-state index in [0.29, 0.717) is 5.70 Å². The molecule has 0 unspecified atom stereocenters. The summed E-state index contributed by atoms with van der Waals surface area (Å²) < 4.78 is 4.29. The van der Waals surface area contributed by atoms with Crippen molar-refractivity contribution < 1.29 is 19.4 Å². The van der Waals surface area contributed by atoms with Crippen LogP contribution in [0, 0.1) is 0 Å². The minimum absolute atomic E-state index is 0.0426. The normalized spacial score (nSPS) is 14.6. The first kappa shape index (κ1) is 10.9. The molecular weight excluding hydrogens is 202 g/mol. The molecule has 0 saturated carbocycles. The summed E-state index contributed by atoms with van der Waals surface area (Å²) in [5.74, 6) is -1.16. The highest BCUT2D eigenvalue weighted by molar-refractivity contribution is 5.80. The first-order valence-corrected chi connectivity index (χ1v) is 4.05. The molecule has 1 heterocycles. The minimum Gasteiger partial charge on any atom is -0.480 e. The monoisotopic (exact) mass is 211 g/mol. The lowest BCUT2D eigenvalue weighted by Gasteiger charge is -2.12. The Kier molecular flexibility index (Phi) is 3.59. The molecule has 1 aliphatic heterocycles. The van der Waals surface area contributed by atoms with Crippen molar-refractivity contribution in [3.05, 3.63) is 11.9 Å². The minimum atomic E-state index is -1.16. The van der Waals surface area contributed by atoms with Crippen LogP contribution in [0.4, 0.5) is 4.79 Å². The van der Waals surface area contributed by atoms with Crippen LogP contribution in [-0.4, -0.2) is 36.3 Å². The number of rotatable bonds is 4. The maximum absolute atomic E-state index is 10.8. The molecule has 0 radical (unpaired) electrons. The molecule has 0 saturated heterocycles. The highest BCUT2D eigenvalue weighted by atomic mass is 16.5. The van der Waals surface area contributed by atoms with Crippen molar-refractivity contribution in [2.24, 2.45) is 9.98 Å². The molecule has 0 aliphatic carbocycles. The lowest BCUT2D eigenvalue weighted by atomic mass is 10.2. The van der Waals surface area contributed by atoms with E-state index in [1.165, 1.54) is 6.20 Å². The Morgan fingerprint density at radius 3 is 2.93 bits per heavy atom. The summed E-state index contributed by atoms with van der Waals surface area (Å²) in [5.41, 5.74) is 0.443. The molecule has 0 spiro atoms. The Morgan fingerprint density at radius 1 is 1.73 bits per heavy atom. The van der Waals surface area contributed by atoms with Crippen LogP contribution in [0.3, 0.4) is 0 Å². The maximum Gasteiger partial charge on any atom is 0.407 e. The predicted octanol–water partition coefficient (Wildman–Crippen LogP) is 0.215. The second-order valence-electron chi connectivity index (χ2n) is 2.69. The topological polar surface area (TPSA) is 100 Å². The third-order valence-electron chi connectivity index (χ3n) is 1.65. The van der Waals surface area contributed by atoms with E-state index in [1.807, 2.05) is 0 Å². The van der Waals surface area contributed by atoms with Gasteiger partial charge in [0.1, 0.15) is 6.04 Å². The van der Waals surface area contributed by atoms with Crippen molar-refractivity contribution in [3.63, 3.8) is 0 Å². The van der Waals surface area contributed by atoms with Gasteiger partial charge >= 0.3 is 12.1 Å². The number of aliphatic imine (C=N–C) groups is 2. The Bertz CT molecular complexity index is 368.